The van der Waals surface area contributed by atoms with Crippen LogP contribution in [0.3, 0.4) is 0 Å². The Kier molecular flexibility index (Phi) is 6.18. The topological polar surface area (TPSA) is 32.9 Å². The molecule has 0 spiro atoms. The van der Waals surface area contributed by atoms with Crippen LogP contribution in [0.5, 0.6) is 0 Å². The molecule has 0 atom stereocenters. The highest BCUT2D eigenvalue weighted by Crippen LogP contribution is 2.29. The molecule has 0 unspecified atom stereocenters. The number of aromatic nitrogens is 1. The minimum absolute atomic E-state index is 0.688. The smallest absolute Gasteiger partial charge is 0.189 e. The minimum atomic E-state index is -0.701. The van der Waals surface area contributed by atoms with Crippen molar-refractivity contribution >= 4 is 54.1 Å². The number of hydrogen-bond donors (Lipinski definition) is 1. The summed E-state index contributed by atoms with van der Waals surface area (Å²) in [4.78, 5) is 12.5. The molecule has 1 rings (SSSR count). The average Bonchev–Trinajstić information content (AvgIpc) is 2.41. The molecule has 0 amide bonds. The minimum Gasteiger partial charge on any atom is -0.368 e. The fourth-order valence-corrected chi connectivity index (χ4v) is 0.278. The Balaban J connectivity index is 0.000000183. The Hall–Kier alpha value is 0.390. The Morgan fingerprint density at radius 3 is 1.64 bits per heavy atom. The summed E-state index contributed by atoms with van der Waals surface area (Å²) in [7, 11) is 0. The first-order valence-corrected chi connectivity index (χ1v) is 5.05. The third kappa shape index (κ3) is 10.4. The zero-order valence-electron chi connectivity index (χ0n) is 5.43. The highest BCUT2D eigenvalue weighted by molar-refractivity contribution is 9.40. The maximum absolute atomic E-state index is 9.69. The van der Waals surface area contributed by atoms with Gasteiger partial charge in [-0.3, -0.25) is 4.79 Å². The summed E-state index contributed by atoms with van der Waals surface area (Å²) in [6.45, 7) is 0. The zero-order valence-corrected chi connectivity index (χ0v) is 10.2. The van der Waals surface area contributed by atoms with Crippen LogP contribution in [0.25, 0.3) is 0 Å². The first kappa shape index (κ1) is 11.4. The second-order valence-corrected chi connectivity index (χ2v) is 8.49. The first-order valence-electron chi connectivity index (χ1n) is 2.67. The van der Waals surface area contributed by atoms with Crippen LogP contribution in [0.2, 0.25) is 0 Å². The van der Waals surface area contributed by atoms with Crippen molar-refractivity contribution in [1.82, 2.24) is 4.98 Å². The number of aldehydes is 1. The van der Waals surface area contributed by atoms with Crippen LogP contribution in [0.15, 0.2) is 24.5 Å². The number of hydrogen-bond acceptors (Lipinski definition) is 1. The maximum Gasteiger partial charge on any atom is 0.189 e. The van der Waals surface area contributed by atoms with E-state index in [1.165, 1.54) is 0 Å². The number of carbonyl (C=O) groups is 1. The van der Waals surface area contributed by atoms with E-state index in [0.717, 1.165) is 0 Å². The van der Waals surface area contributed by atoms with Crippen LogP contribution >= 0.6 is 47.8 Å². The number of halogens is 3. The molecule has 5 heteroatoms. The predicted octanol–water partition coefficient (Wildman–Crippen LogP) is 3.04. The molecule has 0 saturated heterocycles. The molecular formula is C6H6Br3NO. The third-order valence-electron chi connectivity index (χ3n) is 0.630. The van der Waals surface area contributed by atoms with Crippen molar-refractivity contribution in [3.63, 3.8) is 0 Å². The molecule has 0 aromatic carbocycles. The van der Waals surface area contributed by atoms with E-state index in [0.29, 0.717) is 6.29 Å². The quantitative estimate of drug-likeness (QED) is 0.568. The Labute approximate surface area is 90.1 Å². The highest BCUT2D eigenvalue weighted by Gasteiger charge is 2.13. The van der Waals surface area contributed by atoms with Crippen molar-refractivity contribution in [2.75, 3.05) is 0 Å². The number of aromatic amines is 1. The van der Waals surface area contributed by atoms with Gasteiger partial charge in [-0.25, -0.2) is 0 Å². The molecule has 0 fully saturated rings. The fraction of sp³-hybridized carbons (Fsp3) is 0.167. The molecule has 1 N–H and O–H groups in total. The van der Waals surface area contributed by atoms with Crippen molar-refractivity contribution < 1.29 is 4.79 Å². The van der Waals surface area contributed by atoms with E-state index in [-0.39, 0.29) is 0 Å². The molecule has 1 heterocycles. The van der Waals surface area contributed by atoms with Crippen LogP contribution in [-0.2, 0) is 4.79 Å². The normalized spacial score (nSPS) is 9.73. The van der Waals surface area contributed by atoms with Crippen molar-refractivity contribution in [3.8, 4) is 0 Å². The molecule has 0 aliphatic rings. The van der Waals surface area contributed by atoms with E-state index >= 15 is 0 Å². The summed E-state index contributed by atoms with van der Waals surface area (Å²) >= 11 is 8.83. The lowest BCUT2D eigenvalue weighted by Crippen LogP contribution is -1.97. The van der Waals surface area contributed by atoms with Gasteiger partial charge >= 0.3 is 0 Å². The number of nitrogens with one attached hydrogen (secondary N) is 1. The molecule has 0 bridgehead atoms. The number of alkyl halides is 3. The molecular weight excluding hydrogens is 342 g/mol. The number of H-pyrrole nitrogens is 1. The van der Waals surface area contributed by atoms with Gasteiger partial charge < -0.3 is 4.98 Å². The first-order chi connectivity index (χ1) is 5.06. The Bertz CT molecular complexity index is 163. The van der Waals surface area contributed by atoms with Crippen LogP contribution in [0.1, 0.15) is 0 Å². The lowest BCUT2D eigenvalue weighted by molar-refractivity contribution is -0.106. The van der Waals surface area contributed by atoms with Gasteiger partial charge in [0.1, 0.15) is 0 Å². The summed E-state index contributed by atoms with van der Waals surface area (Å²) < 4.78 is -0.701. The maximum atomic E-state index is 9.69. The zero-order chi connectivity index (χ0) is 8.74. The van der Waals surface area contributed by atoms with Gasteiger partial charge in [-0.2, -0.15) is 0 Å². The summed E-state index contributed by atoms with van der Waals surface area (Å²) in [6, 6.07) is 3.89. The van der Waals surface area contributed by atoms with E-state index in [9.17, 15) is 4.79 Å². The van der Waals surface area contributed by atoms with Gasteiger partial charge in [-0.05, 0) is 12.1 Å². The lowest BCUT2D eigenvalue weighted by atomic mass is 10.7. The van der Waals surface area contributed by atoms with Crippen molar-refractivity contribution in [1.29, 1.82) is 0 Å². The van der Waals surface area contributed by atoms with Crippen LogP contribution in [0.4, 0.5) is 0 Å². The molecule has 0 radical (unpaired) electrons. The van der Waals surface area contributed by atoms with Gasteiger partial charge in [-0.15, -0.1) is 0 Å². The van der Waals surface area contributed by atoms with Gasteiger partial charge in [0, 0.05) is 12.4 Å². The molecule has 62 valence electrons. The molecule has 1 aromatic heterocycles. The second kappa shape index (κ2) is 5.97. The third-order valence-corrected chi connectivity index (χ3v) is 1.19. The van der Waals surface area contributed by atoms with E-state index in [1.807, 2.05) is 24.5 Å². The van der Waals surface area contributed by atoms with Gasteiger partial charge in [0.2, 0.25) is 0 Å². The molecule has 2 nitrogen and oxygen atoms in total. The summed E-state index contributed by atoms with van der Waals surface area (Å²) in [5.74, 6) is 0. The SMILES string of the molecule is O=CC(Br)(Br)Br.c1cc[nH]c1. The lowest BCUT2D eigenvalue weighted by Gasteiger charge is -1.95. The summed E-state index contributed by atoms with van der Waals surface area (Å²) in [6.07, 6.45) is 4.44. The molecule has 11 heavy (non-hydrogen) atoms. The number of carbonyl (C=O) groups excluding carboxylic acids is 1. The number of rotatable bonds is 0. The monoisotopic (exact) mass is 345 g/mol. The Morgan fingerprint density at radius 2 is 1.55 bits per heavy atom. The molecule has 0 aliphatic carbocycles. The van der Waals surface area contributed by atoms with E-state index in [4.69, 9.17) is 0 Å². The highest BCUT2D eigenvalue weighted by atomic mass is 80.0. The van der Waals surface area contributed by atoms with Crippen molar-refractivity contribution in [2.45, 2.75) is 2.14 Å². The van der Waals surface area contributed by atoms with E-state index in [1.54, 1.807) is 0 Å². The average molecular weight is 348 g/mol. The predicted molar refractivity (Wildman–Crippen MR) is 56.4 cm³/mol. The van der Waals surface area contributed by atoms with Crippen LogP contribution in [0, 0.1) is 0 Å². The molecule has 0 saturated carbocycles. The van der Waals surface area contributed by atoms with E-state index < -0.39 is 2.14 Å². The van der Waals surface area contributed by atoms with Gasteiger partial charge in [-0.1, -0.05) is 47.8 Å². The fourth-order valence-electron chi connectivity index (χ4n) is 0.278. The van der Waals surface area contributed by atoms with Gasteiger partial charge in [0.15, 0.2) is 8.43 Å². The van der Waals surface area contributed by atoms with Crippen molar-refractivity contribution in [3.05, 3.63) is 24.5 Å². The molecule has 0 aliphatic heterocycles. The van der Waals surface area contributed by atoms with Gasteiger partial charge in [0.25, 0.3) is 0 Å². The van der Waals surface area contributed by atoms with Crippen LogP contribution < -0.4 is 0 Å². The van der Waals surface area contributed by atoms with E-state index in [2.05, 4.69) is 52.8 Å². The summed E-state index contributed by atoms with van der Waals surface area (Å²) in [5.41, 5.74) is 0. The summed E-state index contributed by atoms with van der Waals surface area (Å²) in [5, 5.41) is 0. The second-order valence-electron chi connectivity index (χ2n) is 1.54. The van der Waals surface area contributed by atoms with Crippen LogP contribution in [-0.4, -0.2) is 13.4 Å². The molecule has 1 aromatic rings. The van der Waals surface area contributed by atoms with Crippen molar-refractivity contribution in [2.24, 2.45) is 0 Å². The van der Waals surface area contributed by atoms with Gasteiger partial charge in [0.05, 0.1) is 0 Å². The largest absolute Gasteiger partial charge is 0.368 e. The standard InChI is InChI=1S/C4H5N.C2HBr3O/c1-2-4-5-3-1;3-2(4,5)1-6/h1-5H;1H. The Morgan fingerprint density at radius 1 is 1.18 bits per heavy atom.